The molecule has 0 N–H and O–H groups in total. The number of ether oxygens (including phenoxy) is 1. The van der Waals surface area contributed by atoms with Crippen molar-refractivity contribution in [3.8, 4) is 0 Å². The van der Waals surface area contributed by atoms with E-state index in [1.165, 1.54) is 5.56 Å². The number of morpholine rings is 1. The zero-order chi connectivity index (χ0) is 14.8. The first kappa shape index (κ1) is 14.5. The van der Waals surface area contributed by atoms with Crippen LogP contribution in [0, 0.1) is 13.8 Å². The van der Waals surface area contributed by atoms with Gasteiger partial charge in [0.05, 0.1) is 6.61 Å². The molecule has 0 bridgehead atoms. The lowest BCUT2D eigenvalue weighted by molar-refractivity contribution is -0.0457. The predicted molar refractivity (Wildman–Crippen MR) is 79.2 cm³/mol. The first-order valence-electron chi connectivity index (χ1n) is 7.01. The van der Waals surface area contributed by atoms with Gasteiger partial charge in [0.25, 0.3) is 0 Å². The summed E-state index contributed by atoms with van der Waals surface area (Å²) in [6.07, 6.45) is -0.153. The van der Waals surface area contributed by atoms with E-state index in [4.69, 9.17) is 20.8 Å². The van der Waals surface area contributed by atoms with Gasteiger partial charge in [-0.25, -0.2) is 0 Å². The van der Waals surface area contributed by atoms with Crippen LogP contribution < -0.4 is 0 Å². The van der Waals surface area contributed by atoms with E-state index in [0.29, 0.717) is 18.4 Å². The van der Waals surface area contributed by atoms with E-state index in [0.717, 1.165) is 30.2 Å². The van der Waals surface area contributed by atoms with Crippen molar-refractivity contribution in [2.24, 2.45) is 0 Å². The van der Waals surface area contributed by atoms with Crippen molar-refractivity contribution in [1.29, 1.82) is 0 Å². The minimum atomic E-state index is -0.153. The van der Waals surface area contributed by atoms with Crippen LogP contribution in [0.25, 0.3) is 0 Å². The molecule has 0 radical (unpaired) electrons. The Kier molecular flexibility index (Phi) is 4.24. The highest BCUT2D eigenvalue weighted by atomic mass is 35.5. The molecule has 1 saturated heterocycles. The maximum Gasteiger partial charge on any atom is 0.246 e. The van der Waals surface area contributed by atoms with E-state index in [-0.39, 0.29) is 6.10 Å². The van der Waals surface area contributed by atoms with Gasteiger partial charge in [-0.3, -0.25) is 4.90 Å². The molecule has 1 aliphatic heterocycles. The average Bonchev–Trinajstić information content (AvgIpc) is 2.91. The molecular weight excluding hydrogens is 290 g/mol. The topological polar surface area (TPSA) is 51.4 Å². The van der Waals surface area contributed by atoms with Crippen LogP contribution >= 0.6 is 11.6 Å². The van der Waals surface area contributed by atoms with E-state index in [1.807, 2.05) is 12.1 Å². The number of rotatable bonds is 3. The monoisotopic (exact) mass is 307 g/mol. The molecular formula is C15H18ClN3O2. The van der Waals surface area contributed by atoms with Gasteiger partial charge in [-0.05, 0) is 24.1 Å². The lowest BCUT2D eigenvalue weighted by atomic mass is 10.1. The van der Waals surface area contributed by atoms with Crippen molar-refractivity contribution >= 4 is 11.6 Å². The first-order chi connectivity index (χ1) is 10.1. The Morgan fingerprint density at radius 3 is 2.95 bits per heavy atom. The second-order valence-corrected chi connectivity index (χ2v) is 5.69. The second kappa shape index (κ2) is 6.13. The Balaban J connectivity index is 1.70. The third-order valence-electron chi connectivity index (χ3n) is 3.74. The van der Waals surface area contributed by atoms with Crippen LogP contribution in [0.2, 0.25) is 5.02 Å². The number of hydrogen-bond donors (Lipinski definition) is 0. The maximum absolute atomic E-state index is 6.18. The van der Waals surface area contributed by atoms with Crippen LogP contribution in [-0.2, 0) is 11.3 Å². The molecule has 112 valence electrons. The van der Waals surface area contributed by atoms with Gasteiger partial charge in [0.15, 0.2) is 0 Å². The van der Waals surface area contributed by atoms with Crippen molar-refractivity contribution < 1.29 is 9.15 Å². The fourth-order valence-electron chi connectivity index (χ4n) is 2.50. The first-order valence-corrected chi connectivity index (χ1v) is 7.39. The SMILES string of the molecule is Cc1nnc(C2CN(Cc3cccc(Cl)c3C)CCO2)o1. The summed E-state index contributed by atoms with van der Waals surface area (Å²) in [5.41, 5.74) is 2.38. The van der Waals surface area contributed by atoms with Gasteiger partial charge in [-0.1, -0.05) is 23.7 Å². The van der Waals surface area contributed by atoms with Crippen molar-refractivity contribution in [1.82, 2.24) is 15.1 Å². The Morgan fingerprint density at radius 1 is 1.33 bits per heavy atom. The standard InChI is InChI=1S/C15H18ClN3O2/c1-10-12(4-3-5-13(10)16)8-19-6-7-20-14(9-19)15-18-17-11(2)21-15/h3-5,14H,6-9H2,1-2H3. The summed E-state index contributed by atoms with van der Waals surface area (Å²) in [5, 5.41) is 8.73. The minimum absolute atomic E-state index is 0.153. The Morgan fingerprint density at radius 2 is 2.19 bits per heavy atom. The number of halogens is 1. The molecule has 1 atom stereocenters. The molecule has 1 fully saturated rings. The largest absolute Gasteiger partial charge is 0.423 e. The molecule has 5 nitrogen and oxygen atoms in total. The van der Waals surface area contributed by atoms with Crippen LogP contribution in [0.15, 0.2) is 22.6 Å². The van der Waals surface area contributed by atoms with E-state index in [9.17, 15) is 0 Å². The number of hydrogen-bond acceptors (Lipinski definition) is 5. The Labute approximate surface area is 128 Å². The summed E-state index contributed by atoms with van der Waals surface area (Å²) in [6.45, 7) is 6.97. The molecule has 0 aliphatic carbocycles. The quantitative estimate of drug-likeness (QED) is 0.872. The van der Waals surface area contributed by atoms with E-state index in [1.54, 1.807) is 6.92 Å². The lowest BCUT2D eigenvalue weighted by Crippen LogP contribution is -2.38. The van der Waals surface area contributed by atoms with Crippen LogP contribution in [-0.4, -0.2) is 34.8 Å². The third-order valence-corrected chi connectivity index (χ3v) is 4.15. The summed E-state index contributed by atoms with van der Waals surface area (Å²) in [6, 6.07) is 6.02. The number of benzene rings is 1. The fraction of sp³-hybridized carbons (Fsp3) is 0.467. The molecule has 6 heteroatoms. The smallest absolute Gasteiger partial charge is 0.246 e. The molecule has 1 aromatic carbocycles. The molecule has 0 spiro atoms. The van der Waals surface area contributed by atoms with Gasteiger partial charge < -0.3 is 9.15 Å². The summed E-state index contributed by atoms with van der Waals surface area (Å²) < 4.78 is 11.2. The van der Waals surface area contributed by atoms with Gasteiger partial charge in [0.2, 0.25) is 11.8 Å². The third kappa shape index (κ3) is 3.26. The van der Waals surface area contributed by atoms with Gasteiger partial charge in [-0.15, -0.1) is 10.2 Å². The molecule has 1 unspecified atom stereocenters. The number of aromatic nitrogens is 2. The van der Waals surface area contributed by atoms with Crippen LogP contribution in [0.1, 0.15) is 29.0 Å². The van der Waals surface area contributed by atoms with Crippen LogP contribution in [0.4, 0.5) is 0 Å². The van der Waals surface area contributed by atoms with E-state index in [2.05, 4.69) is 28.1 Å². The van der Waals surface area contributed by atoms with Crippen molar-refractivity contribution in [3.63, 3.8) is 0 Å². The molecule has 21 heavy (non-hydrogen) atoms. The van der Waals surface area contributed by atoms with Gasteiger partial charge >= 0.3 is 0 Å². The highest BCUT2D eigenvalue weighted by Crippen LogP contribution is 2.24. The molecule has 2 heterocycles. The normalized spacial score (nSPS) is 19.9. The van der Waals surface area contributed by atoms with Gasteiger partial charge in [-0.2, -0.15) is 0 Å². The fourth-order valence-corrected chi connectivity index (χ4v) is 2.70. The van der Waals surface area contributed by atoms with Crippen LogP contribution in [0.5, 0.6) is 0 Å². The number of aryl methyl sites for hydroxylation is 1. The molecule has 0 saturated carbocycles. The zero-order valence-electron chi connectivity index (χ0n) is 12.2. The maximum atomic E-state index is 6.18. The van der Waals surface area contributed by atoms with Gasteiger partial charge in [0.1, 0.15) is 6.10 Å². The van der Waals surface area contributed by atoms with Crippen molar-refractivity contribution in [2.75, 3.05) is 19.7 Å². The average molecular weight is 308 g/mol. The molecule has 2 aromatic rings. The van der Waals surface area contributed by atoms with Crippen molar-refractivity contribution in [2.45, 2.75) is 26.5 Å². The van der Waals surface area contributed by atoms with E-state index >= 15 is 0 Å². The van der Waals surface area contributed by atoms with E-state index < -0.39 is 0 Å². The highest BCUT2D eigenvalue weighted by Gasteiger charge is 2.26. The van der Waals surface area contributed by atoms with Crippen molar-refractivity contribution in [3.05, 3.63) is 46.1 Å². The highest BCUT2D eigenvalue weighted by molar-refractivity contribution is 6.31. The zero-order valence-corrected chi connectivity index (χ0v) is 12.9. The summed E-state index contributed by atoms with van der Waals surface area (Å²) in [5.74, 6) is 1.12. The summed E-state index contributed by atoms with van der Waals surface area (Å²) in [7, 11) is 0. The Bertz CT molecular complexity index is 629. The molecule has 1 aromatic heterocycles. The van der Waals surface area contributed by atoms with Crippen LogP contribution in [0.3, 0.4) is 0 Å². The molecule has 1 aliphatic rings. The lowest BCUT2D eigenvalue weighted by Gasteiger charge is -2.31. The molecule has 0 amide bonds. The minimum Gasteiger partial charge on any atom is -0.423 e. The summed E-state index contributed by atoms with van der Waals surface area (Å²) in [4.78, 5) is 2.33. The number of nitrogens with zero attached hydrogens (tertiary/aromatic N) is 3. The molecule has 3 rings (SSSR count). The summed E-state index contributed by atoms with van der Waals surface area (Å²) >= 11 is 6.18. The van der Waals surface area contributed by atoms with Gasteiger partial charge in [0, 0.05) is 31.6 Å². The predicted octanol–water partition coefficient (Wildman–Crippen LogP) is 2.91. The Hall–Kier alpha value is -1.43. The second-order valence-electron chi connectivity index (χ2n) is 5.28.